The maximum absolute atomic E-state index is 11.8. The molecule has 0 saturated heterocycles. The second kappa shape index (κ2) is 7.14. The topological polar surface area (TPSA) is 91.4 Å². The molecule has 130 valence electrons. The molecule has 1 amide bonds. The van der Waals surface area contributed by atoms with E-state index in [2.05, 4.69) is 42.2 Å². The van der Waals surface area contributed by atoms with Crippen LogP contribution in [-0.2, 0) is 16.0 Å². The van der Waals surface area contributed by atoms with Crippen LogP contribution < -0.4 is 5.32 Å². The van der Waals surface area contributed by atoms with Crippen molar-refractivity contribution in [2.75, 3.05) is 0 Å². The number of halogens is 2. The Balaban J connectivity index is 2.21. The van der Waals surface area contributed by atoms with E-state index in [0.29, 0.717) is 0 Å². The first-order valence-electron chi connectivity index (χ1n) is 7.24. The molecule has 2 rings (SSSR count). The molecule has 0 radical (unpaired) electrons. The number of carboxylic acids is 1. The van der Waals surface area contributed by atoms with E-state index >= 15 is 0 Å². The minimum absolute atomic E-state index is 0.142. The van der Waals surface area contributed by atoms with Crippen LogP contribution in [0.25, 0.3) is 10.9 Å². The highest BCUT2D eigenvalue weighted by atomic mass is 79.9. The van der Waals surface area contributed by atoms with E-state index in [9.17, 15) is 14.7 Å². The molecule has 0 bridgehead atoms. The molecule has 0 fully saturated rings. The third-order valence-corrected chi connectivity index (χ3v) is 5.07. The smallest absolute Gasteiger partial charge is 0.408 e. The summed E-state index contributed by atoms with van der Waals surface area (Å²) in [7, 11) is 0. The Morgan fingerprint density at radius 1 is 1.29 bits per heavy atom. The quantitative estimate of drug-likeness (QED) is 0.635. The Labute approximate surface area is 156 Å². The summed E-state index contributed by atoms with van der Waals surface area (Å²) < 4.78 is 6.88. The maximum Gasteiger partial charge on any atom is 0.408 e. The van der Waals surface area contributed by atoms with E-state index < -0.39 is 23.7 Å². The van der Waals surface area contributed by atoms with Crippen LogP contribution in [0.4, 0.5) is 4.79 Å². The van der Waals surface area contributed by atoms with Gasteiger partial charge in [0.2, 0.25) is 0 Å². The van der Waals surface area contributed by atoms with Gasteiger partial charge < -0.3 is 20.1 Å². The van der Waals surface area contributed by atoms with Gasteiger partial charge in [-0.3, -0.25) is 0 Å². The van der Waals surface area contributed by atoms with Crippen molar-refractivity contribution in [1.29, 1.82) is 0 Å². The van der Waals surface area contributed by atoms with Crippen LogP contribution >= 0.6 is 31.9 Å². The summed E-state index contributed by atoms with van der Waals surface area (Å²) in [6.07, 6.45) is 1.14. The number of ether oxygens (including phenoxy) is 1. The van der Waals surface area contributed by atoms with E-state index in [-0.39, 0.29) is 6.42 Å². The third-order valence-electron chi connectivity index (χ3n) is 3.22. The number of nitrogens with one attached hydrogen (secondary N) is 2. The molecule has 8 heteroatoms. The molecule has 0 spiro atoms. The maximum atomic E-state index is 11.8. The minimum atomic E-state index is -1.12. The van der Waals surface area contributed by atoms with Gasteiger partial charge in [0.25, 0.3) is 0 Å². The highest BCUT2D eigenvalue weighted by Crippen LogP contribution is 2.30. The molecule has 1 aromatic carbocycles. The van der Waals surface area contributed by atoms with Gasteiger partial charge in [-0.05, 0) is 70.3 Å². The molecule has 24 heavy (non-hydrogen) atoms. The number of rotatable bonds is 4. The number of fused-ring (bicyclic) bond motifs is 1. The molecule has 1 aromatic heterocycles. The molecule has 1 atom stereocenters. The number of carbonyl (C=O) groups is 2. The highest BCUT2D eigenvalue weighted by molar-refractivity contribution is 9.13. The van der Waals surface area contributed by atoms with Gasteiger partial charge in [0, 0.05) is 32.5 Å². The molecule has 6 nitrogen and oxygen atoms in total. The number of alkyl carbamates (subject to hydrolysis) is 1. The average molecular weight is 462 g/mol. The lowest BCUT2D eigenvalue weighted by Gasteiger charge is -2.22. The summed E-state index contributed by atoms with van der Waals surface area (Å²) in [6.45, 7) is 5.16. The summed E-state index contributed by atoms with van der Waals surface area (Å²) in [5, 5.41) is 12.7. The number of aromatic nitrogens is 1. The molecule has 0 aliphatic rings. The fraction of sp³-hybridized carbons (Fsp3) is 0.375. The first-order valence-corrected chi connectivity index (χ1v) is 8.83. The van der Waals surface area contributed by atoms with Gasteiger partial charge in [-0.2, -0.15) is 0 Å². The van der Waals surface area contributed by atoms with Gasteiger partial charge >= 0.3 is 12.1 Å². The SMILES string of the molecule is CC(C)(C)OC(=O)N[C@@H](Cc1c[nH]c2cc(Br)c(Br)cc12)C(=O)O. The van der Waals surface area contributed by atoms with Crippen LogP contribution in [0.15, 0.2) is 27.3 Å². The van der Waals surface area contributed by atoms with Gasteiger partial charge in [0.15, 0.2) is 0 Å². The summed E-state index contributed by atoms with van der Waals surface area (Å²) >= 11 is 6.86. The molecule has 0 saturated carbocycles. The largest absolute Gasteiger partial charge is 0.480 e. The first kappa shape index (κ1) is 18.8. The second-order valence-electron chi connectivity index (χ2n) is 6.37. The standard InChI is InChI=1S/C16H18Br2N2O4/c1-16(2,3)24-15(23)20-13(14(21)22)4-8-7-19-12-6-11(18)10(17)5-9(8)12/h5-7,13,19H,4H2,1-3H3,(H,20,23)(H,21,22)/t13-/m0/s1. The zero-order chi connectivity index (χ0) is 18.1. The number of benzene rings is 1. The van der Waals surface area contributed by atoms with Gasteiger partial charge in [-0.1, -0.05) is 0 Å². The lowest BCUT2D eigenvalue weighted by Crippen LogP contribution is -2.44. The van der Waals surface area contributed by atoms with Crippen molar-refractivity contribution in [2.24, 2.45) is 0 Å². The van der Waals surface area contributed by atoms with Crippen LogP contribution in [0.2, 0.25) is 0 Å². The second-order valence-corrected chi connectivity index (χ2v) is 8.08. The lowest BCUT2D eigenvalue weighted by molar-refractivity contribution is -0.139. The van der Waals surface area contributed by atoms with Crippen molar-refractivity contribution in [3.05, 3.63) is 32.8 Å². The van der Waals surface area contributed by atoms with E-state index in [1.54, 1.807) is 27.0 Å². The van der Waals surface area contributed by atoms with E-state index in [1.165, 1.54) is 0 Å². The Bertz CT molecular complexity index is 780. The summed E-state index contributed by atoms with van der Waals surface area (Å²) in [4.78, 5) is 26.4. The van der Waals surface area contributed by atoms with E-state index in [0.717, 1.165) is 25.4 Å². The van der Waals surface area contributed by atoms with Gasteiger partial charge in [0.05, 0.1) is 0 Å². The van der Waals surface area contributed by atoms with Gasteiger partial charge in [-0.25, -0.2) is 9.59 Å². The predicted octanol–water partition coefficient (Wildman–Crippen LogP) is 4.21. The lowest BCUT2D eigenvalue weighted by atomic mass is 10.1. The number of hydrogen-bond acceptors (Lipinski definition) is 3. The minimum Gasteiger partial charge on any atom is -0.480 e. The number of amides is 1. The van der Waals surface area contributed by atoms with Crippen LogP contribution in [0, 0.1) is 0 Å². The normalized spacial score (nSPS) is 12.9. The Morgan fingerprint density at radius 3 is 2.50 bits per heavy atom. The van der Waals surface area contributed by atoms with Crippen LogP contribution in [0.3, 0.4) is 0 Å². The number of H-pyrrole nitrogens is 1. The zero-order valence-electron chi connectivity index (χ0n) is 13.4. The molecule has 0 unspecified atom stereocenters. The third kappa shape index (κ3) is 4.73. The van der Waals surface area contributed by atoms with Crippen molar-refractivity contribution >= 4 is 54.8 Å². The predicted molar refractivity (Wildman–Crippen MR) is 98.2 cm³/mol. The fourth-order valence-corrected chi connectivity index (χ4v) is 2.90. The zero-order valence-corrected chi connectivity index (χ0v) is 16.6. The number of carboxylic acid groups (broad SMARTS) is 1. The van der Waals surface area contributed by atoms with Crippen LogP contribution in [-0.4, -0.2) is 33.8 Å². The Kier molecular flexibility index (Phi) is 5.59. The summed E-state index contributed by atoms with van der Waals surface area (Å²) in [5.74, 6) is -1.12. The molecular formula is C16H18Br2N2O4. The van der Waals surface area contributed by atoms with Crippen molar-refractivity contribution in [3.63, 3.8) is 0 Å². The molecule has 3 N–H and O–H groups in total. The molecule has 0 aliphatic heterocycles. The van der Waals surface area contributed by atoms with Crippen molar-refractivity contribution < 1.29 is 19.4 Å². The van der Waals surface area contributed by atoms with Crippen LogP contribution in [0.1, 0.15) is 26.3 Å². The van der Waals surface area contributed by atoms with Crippen molar-refractivity contribution in [2.45, 2.75) is 38.8 Å². The Morgan fingerprint density at radius 2 is 1.92 bits per heavy atom. The summed E-state index contributed by atoms with van der Waals surface area (Å²) in [6, 6.07) is 2.72. The molecule has 0 aliphatic carbocycles. The number of hydrogen-bond donors (Lipinski definition) is 3. The Hall–Kier alpha value is -1.54. The monoisotopic (exact) mass is 460 g/mol. The molecule has 1 heterocycles. The number of aromatic amines is 1. The number of carbonyl (C=O) groups excluding carboxylic acids is 1. The van der Waals surface area contributed by atoms with Crippen molar-refractivity contribution in [1.82, 2.24) is 10.3 Å². The van der Waals surface area contributed by atoms with Crippen molar-refractivity contribution in [3.8, 4) is 0 Å². The molecule has 2 aromatic rings. The number of aliphatic carboxylic acids is 1. The summed E-state index contributed by atoms with van der Waals surface area (Å²) in [5.41, 5.74) is 0.980. The highest BCUT2D eigenvalue weighted by Gasteiger charge is 2.25. The first-order chi connectivity index (χ1) is 11.1. The fourth-order valence-electron chi connectivity index (χ4n) is 2.21. The van der Waals surface area contributed by atoms with E-state index in [1.807, 2.05) is 12.1 Å². The average Bonchev–Trinajstić information content (AvgIpc) is 2.79. The molecular weight excluding hydrogens is 444 g/mol. The van der Waals surface area contributed by atoms with Crippen LogP contribution in [0.5, 0.6) is 0 Å². The van der Waals surface area contributed by atoms with Gasteiger partial charge in [0.1, 0.15) is 11.6 Å². The van der Waals surface area contributed by atoms with Gasteiger partial charge in [-0.15, -0.1) is 0 Å². The van der Waals surface area contributed by atoms with E-state index in [4.69, 9.17) is 4.74 Å².